The van der Waals surface area contributed by atoms with E-state index in [4.69, 9.17) is 5.26 Å². The summed E-state index contributed by atoms with van der Waals surface area (Å²) < 4.78 is 14.3. The zero-order chi connectivity index (χ0) is 19.0. The van der Waals surface area contributed by atoms with E-state index >= 15 is 0 Å². The molecule has 27 heavy (non-hydrogen) atoms. The first-order valence-electron chi connectivity index (χ1n) is 9.96. The molecule has 144 valence electrons. The maximum atomic E-state index is 14.3. The Hall–Kier alpha value is -2.13. The van der Waals surface area contributed by atoms with Gasteiger partial charge in [0.15, 0.2) is 0 Å². The summed E-state index contributed by atoms with van der Waals surface area (Å²) >= 11 is 0. The van der Waals surface area contributed by atoms with Gasteiger partial charge in [0, 0.05) is 25.7 Å². The predicted molar refractivity (Wildman–Crippen MR) is 99.6 cm³/mol. The molecule has 4 rings (SSSR count). The van der Waals surface area contributed by atoms with Crippen molar-refractivity contribution >= 4 is 11.6 Å². The van der Waals surface area contributed by atoms with Crippen molar-refractivity contribution in [1.29, 1.82) is 5.26 Å². The number of likely N-dealkylation sites (tertiary alicyclic amines) is 1. The van der Waals surface area contributed by atoms with Gasteiger partial charge < -0.3 is 14.9 Å². The zero-order valence-corrected chi connectivity index (χ0v) is 15.5. The number of rotatable bonds is 2. The molecule has 1 amide bonds. The number of nitriles is 1. The van der Waals surface area contributed by atoms with Gasteiger partial charge in [0.25, 0.3) is 0 Å². The number of piperidine rings is 1. The molecular weight excluding hydrogens is 345 g/mol. The molecule has 3 fully saturated rings. The van der Waals surface area contributed by atoms with E-state index < -0.39 is 0 Å². The summed E-state index contributed by atoms with van der Waals surface area (Å²) in [5, 5.41) is 18.6. The summed E-state index contributed by atoms with van der Waals surface area (Å²) in [6, 6.07) is 6.82. The Morgan fingerprint density at radius 3 is 2.41 bits per heavy atom. The van der Waals surface area contributed by atoms with Crippen LogP contribution >= 0.6 is 0 Å². The van der Waals surface area contributed by atoms with Crippen molar-refractivity contribution in [2.45, 2.75) is 57.1 Å². The Morgan fingerprint density at radius 1 is 1.11 bits per heavy atom. The average molecular weight is 371 g/mol. The molecule has 3 aliphatic rings. The average Bonchev–Trinajstić information content (AvgIpc) is 2.99. The Morgan fingerprint density at radius 2 is 1.78 bits per heavy atom. The van der Waals surface area contributed by atoms with E-state index in [1.807, 2.05) is 11.0 Å². The molecule has 1 aromatic rings. The summed E-state index contributed by atoms with van der Waals surface area (Å²) in [6.07, 6.45) is 5.53. The summed E-state index contributed by atoms with van der Waals surface area (Å²) in [7, 11) is 0. The van der Waals surface area contributed by atoms with Gasteiger partial charge in [-0.15, -0.1) is 0 Å². The molecule has 0 unspecified atom stereocenters. The Bertz CT molecular complexity index is 759. The van der Waals surface area contributed by atoms with Crippen LogP contribution in [-0.2, 0) is 4.79 Å². The smallest absolute Gasteiger partial charge is 0.229 e. The number of carbonyl (C=O) groups is 1. The summed E-state index contributed by atoms with van der Waals surface area (Å²) in [6.45, 7) is 2.13. The first-order valence-corrected chi connectivity index (χ1v) is 9.96. The lowest BCUT2D eigenvalue weighted by atomic mass is 9.77. The van der Waals surface area contributed by atoms with Crippen LogP contribution in [0.3, 0.4) is 0 Å². The van der Waals surface area contributed by atoms with Gasteiger partial charge >= 0.3 is 0 Å². The molecule has 1 N–H and O–H groups in total. The van der Waals surface area contributed by atoms with Gasteiger partial charge in [0.1, 0.15) is 5.82 Å². The highest BCUT2D eigenvalue weighted by molar-refractivity contribution is 5.85. The number of amides is 1. The van der Waals surface area contributed by atoms with Gasteiger partial charge in [-0.25, -0.2) is 4.39 Å². The van der Waals surface area contributed by atoms with E-state index in [-0.39, 0.29) is 29.3 Å². The molecule has 2 saturated heterocycles. The van der Waals surface area contributed by atoms with E-state index in [2.05, 4.69) is 4.90 Å². The number of halogens is 1. The number of hydrogen-bond acceptors (Lipinski definition) is 4. The van der Waals surface area contributed by atoms with Crippen molar-refractivity contribution in [1.82, 2.24) is 4.90 Å². The Labute approximate surface area is 159 Å². The normalized spacial score (nSPS) is 27.8. The van der Waals surface area contributed by atoms with Gasteiger partial charge in [0.05, 0.1) is 28.8 Å². The molecule has 1 saturated carbocycles. The number of benzene rings is 1. The van der Waals surface area contributed by atoms with Crippen molar-refractivity contribution in [3.8, 4) is 6.07 Å². The van der Waals surface area contributed by atoms with Crippen LogP contribution in [0.15, 0.2) is 18.2 Å². The molecule has 1 aliphatic carbocycles. The van der Waals surface area contributed by atoms with Gasteiger partial charge in [-0.3, -0.25) is 4.79 Å². The first kappa shape index (κ1) is 18.2. The molecule has 1 aromatic carbocycles. The molecule has 2 aliphatic heterocycles. The number of anilines is 1. The second-order valence-corrected chi connectivity index (χ2v) is 8.26. The van der Waals surface area contributed by atoms with Crippen LogP contribution in [0.4, 0.5) is 10.1 Å². The second kappa shape index (κ2) is 7.12. The Balaban J connectivity index is 1.41. The number of aliphatic hydroxyl groups is 1. The van der Waals surface area contributed by atoms with Gasteiger partial charge in [-0.05, 0) is 63.1 Å². The SMILES string of the molecule is N#Cc1ccc(N2CCC3(CC2)CCN(C2CCC(O)CC2)C3=O)c(F)c1. The summed E-state index contributed by atoms with van der Waals surface area (Å²) in [5.74, 6) is -0.103. The molecule has 0 aromatic heterocycles. The molecule has 6 heteroatoms. The molecular formula is C21H26FN3O2. The summed E-state index contributed by atoms with van der Waals surface area (Å²) in [5.41, 5.74) is 0.548. The topological polar surface area (TPSA) is 67.6 Å². The van der Waals surface area contributed by atoms with E-state index in [1.54, 1.807) is 12.1 Å². The molecule has 5 nitrogen and oxygen atoms in total. The van der Waals surface area contributed by atoms with Crippen LogP contribution in [-0.4, -0.2) is 47.7 Å². The minimum atomic E-state index is -0.370. The minimum Gasteiger partial charge on any atom is -0.393 e. The van der Waals surface area contributed by atoms with Crippen LogP contribution < -0.4 is 4.90 Å². The van der Waals surface area contributed by atoms with E-state index in [1.165, 1.54) is 6.07 Å². The highest BCUT2D eigenvalue weighted by atomic mass is 19.1. The zero-order valence-electron chi connectivity index (χ0n) is 15.5. The quantitative estimate of drug-likeness (QED) is 0.868. The third kappa shape index (κ3) is 3.29. The largest absolute Gasteiger partial charge is 0.393 e. The molecule has 0 atom stereocenters. The predicted octanol–water partition coefficient (Wildman–Crippen LogP) is 2.82. The highest BCUT2D eigenvalue weighted by Gasteiger charge is 2.50. The third-order valence-electron chi connectivity index (χ3n) is 6.79. The third-order valence-corrected chi connectivity index (χ3v) is 6.79. The van der Waals surface area contributed by atoms with Crippen LogP contribution in [0.25, 0.3) is 0 Å². The van der Waals surface area contributed by atoms with Crippen molar-refractivity contribution in [3.63, 3.8) is 0 Å². The van der Waals surface area contributed by atoms with E-state index in [0.717, 1.165) is 51.5 Å². The van der Waals surface area contributed by atoms with Crippen molar-refractivity contribution in [2.24, 2.45) is 5.41 Å². The van der Waals surface area contributed by atoms with Crippen molar-refractivity contribution in [3.05, 3.63) is 29.6 Å². The van der Waals surface area contributed by atoms with E-state index in [0.29, 0.717) is 24.3 Å². The molecule has 1 spiro atoms. The fourth-order valence-corrected chi connectivity index (χ4v) is 5.04. The standard InChI is InChI=1S/C21H26FN3O2/c22-18-13-15(14-23)1-6-19(18)24-10-7-21(8-11-24)9-12-25(20(21)27)16-2-4-17(26)5-3-16/h1,6,13,16-17,26H,2-5,7-12H2. The Kier molecular flexibility index (Phi) is 4.81. The monoisotopic (exact) mass is 371 g/mol. The van der Waals surface area contributed by atoms with Crippen LogP contribution in [0.5, 0.6) is 0 Å². The van der Waals surface area contributed by atoms with Crippen molar-refractivity contribution < 1.29 is 14.3 Å². The fraction of sp³-hybridized carbons (Fsp3) is 0.619. The van der Waals surface area contributed by atoms with Crippen LogP contribution in [0.1, 0.15) is 50.5 Å². The highest BCUT2D eigenvalue weighted by Crippen LogP contribution is 2.44. The maximum absolute atomic E-state index is 14.3. The lowest BCUT2D eigenvalue weighted by Crippen LogP contribution is -2.47. The number of nitrogens with zero attached hydrogens (tertiary/aromatic N) is 3. The lowest BCUT2D eigenvalue weighted by molar-refractivity contribution is -0.139. The van der Waals surface area contributed by atoms with Gasteiger partial charge in [-0.2, -0.15) is 5.26 Å². The molecule has 2 heterocycles. The maximum Gasteiger partial charge on any atom is 0.229 e. The number of aliphatic hydroxyl groups excluding tert-OH is 1. The van der Waals surface area contributed by atoms with Gasteiger partial charge in [-0.1, -0.05) is 0 Å². The van der Waals surface area contributed by atoms with Gasteiger partial charge in [0.2, 0.25) is 5.91 Å². The van der Waals surface area contributed by atoms with E-state index in [9.17, 15) is 14.3 Å². The number of carbonyl (C=O) groups excluding carboxylic acids is 1. The van der Waals surface area contributed by atoms with Crippen molar-refractivity contribution in [2.75, 3.05) is 24.5 Å². The fourth-order valence-electron chi connectivity index (χ4n) is 5.04. The second-order valence-electron chi connectivity index (χ2n) is 8.26. The number of hydrogen-bond donors (Lipinski definition) is 1. The minimum absolute atomic E-state index is 0.210. The summed E-state index contributed by atoms with van der Waals surface area (Å²) in [4.78, 5) is 17.2. The first-order chi connectivity index (χ1) is 13.0. The van der Waals surface area contributed by atoms with Crippen LogP contribution in [0.2, 0.25) is 0 Å². The lowest BCUT2D eigenvalue weighted by Gasteiger charge is -2.40. The van der Waals surface area contributed by atoms with Crippen LogP contribution in [0, 0.1) is 22.6 Å². The molecule has 0 bridgehead atoms. The molecule has 0 radical (unpaired) electrons.